The summed E-state index contributed by atoms with van der Waals surface area (Å²) in [5.74, 6) is 1.38. The lowest BCUT2D eigenvalue weighted by atomic mass is 10.00. The van der Waals surface area contributed by atoms with Crippen LogP contribution in [0.3, 0.4) is 0 Å². The monoisotopic (exact) mass is 330 g/mol. The van der Waals surface area contributed by atoms with Crippen LogP contribution in [0, 0.1) is 5.92 Å². The lowest BCUT2D eigenvalue weighted by Crippen LogP contribution is -1.95. The first kappa shape index (κ1) is 11.7. The molecule has 0 aromatic heterocycles. The highest BCUT2D eigenvalue weighted by Gasteiger charge is 2.49. The molecule has 0 aliphatic heterocycles. The van der Waals surface area contributed by atoms with E-state index < -0.39 is 0 Å². The highest BCUT2D eigenvalue weighted by atomic mass is 79.9. The molecule has 0 nitrogen and oxygen atoms in total. The molecule has 0 amide bonds. The first-order chi connectivity index (χ1) is 6.99. The van der Waals surface area contributed by atoms with Crippen molar-refractivity contribution in [2.24, 2.45) is 5.92 Å². The third-order valence-electron chi connectivity index (χ3n) is 3.08. The summed E-state index contributed by atoms with van der Waals surface area (Å²) < 4.78 is 0.233. The molecular formula is C13H16Br2. The molecule has 0 bridgehead atoms. The molecule has 1 aromatic carbocycles. The summed E-state index contributed by atoms with van der Waals surface area (Å²) in [5, 5.41) is 0. The molecule has 15 heavy (non-hydrogen) atoms. The van der Waals surface area contributed by atoms with Gasteiger partial charge in [-0.15, -0.1) is 0 Å². The summed E-state index contributed by atoms with van der Waals surface area (Å²) in [6.07, 6.45) is 2.41. The molecule has 0 saturated heterocycles. The molecule has 1 unspecified atom stereocenters. The van der Waals surface area contributed by atoms with E-state index in [-0.39, 0.29) is 3.23 Å². The first-order valence-corrected chi connectivity index (χ1v) is 7.04. The molecule has 2 heteroatoms. The Morgan fingerprint density at radius 3 is 2.20 bits per heavy atom. The summed E-state index contributed by atoms with van der Waals surface area (Å²) in [7, 11) is 0. The van der Waals surface area contributed by atoms with Crippen molar-refractivity contribution < 1.29 is 0 Å². The molecule has 0 N–H and O–H groups in total. The Morgan fingerprint density at radius 2 is 1.80 bits per heavy atom. The number of hydrogen-bond acceptors (Lipinski definition) is 0. The first-order valence-electron chi connectivity index (χ1n) is 5.45. The minimum atomic E-state index is 0.233. The van der Waals surface area contributed by atoms with Gasteiger partial charge in [-0.05, 0) is 35.8 Å². The van der Waals surface area contributed by atoms with Crippen molar-refractivity contribution in [3.8, 4) is 0 Å². The summed E-state index contributed by atoms with van der Waals surface area (Å²) in [6.45, 7) is 4.47. The lowest BCUT2D eigenvalue weighted by Gasteiger charge is -2.07. The van der Waals surface area contributed by atoms with Crippen molar-refractivity contribution in [1.82, 2.24) is 0 Å². The van der Waals surface area contributed by atoms with E-state index in [1.807, 2.05) is 0 Å². The predicted octanol–water partition coefficient (Wildman–Crippen LogP) is 4.86. The van der Waals surface area contributed by atoms with Gasteiger partial charge in [0.2, 0.25) is 0 Å². The van der Waals surface area contributed by atoms with Gasteiger partial charge in [0, 0.05) is 0 Å². The van der Waals surface area contributed by atoms with Gasteiger partial charge < -0.3 is 0 Å². The third kappa shape index (κ3) is 2.85. The van der Waals surface area contributed by atoms with E-state index in [0.29, 0.717) is 5.92 Å². The van der Waals surface area contributed by atoms with Crippen molar-refractivity contribution in [1.29, 1.82) is 0 Å². The molecule has 1 aliphatic rings. The Labute approximate surface area is 109 Å². The average molecular weight is 332 g/mol. The van der Waals surface area contributed by atoms with Crippen LogP contribution in [-0.4, -0.2) is 3.23 Å². The Balaban J connectivity index is 1.99. The maximum absolute atomic E-state index is 3.66. The zero-order valence-corrected chi connectivity index (χ0v) is 12.3. The molecule has 1 fully saturated rings. The van der Waals surface area contributed by atoms with Gasteiger partial charge in [0.05, 0.1) is 3.23 Å². The maximum atomic E-state index is 3.66. The zero-order valence-electron chi connectivity index (χ0n) is 9.13. The summed E-state index contributed by atoms with van der Waals surface area (Å²) in [5.41, 5.74) is 2.88. The van der Waals surface area contributed by atoms with Gasteiger partial charge in [-0.2, -0.15) is 0 Å². The number of hydrogen-bond donors (Lipinski definition) is 0. The van der Waals surface area contributed by atoms with Crippen LogP contribution in [0.25, 0.3) is 0 Å². The number of benzene rings is 1. The van der Waals surface area contributed by atoms with Crippen LogP contribution in [0.4, 0.5) is 0 Å². The molecule has 0 radical (unpaired) electrons. The van der Waals surface area contributed by atoms with Crippen LogP contribution in [-0.2, 0) is 6.42 Å². The van der Waals surface area contributed by atoms with E-state index in [4.69, 9.17) is 0 Å². The van der Waals surface area contributed by atoms with E-state index >= 15 is 0 Å². The Morgan fingerprint density at radius 1 is 1.27 bits per heavy atom. The van der Waals surface area contributed by atoms with Crippen LogP contribution in [0.1, 0.15) is 37.3 Å². The smallest absolute Gasteiger partial charge is 0.0724 e. The standard InChI is InChI=1S/C13H16Br2/c1-9(2)11-5-3-10(4-6-11)7-12-8-13(12,14)15/h3-6,9,12H,7-8H2,1-2H3. The summed E-state index contributed by atoms with van der Waals surface area (Å²) >= 11 is 7.33. The zero-order chi connectivity index (χ0) is 11.1. The van der Waals surface area contributed by atoms with Crippen LogP contribution in [0.2, 0.25) is 0 Å². The van der Waals surface area contributed by atoms with Gasteiger partial charge in [0.25, 0.3) is 0 Å². The fourth-order valence-corrected chi connectivity index (χ4v) is 2.92. The fraction of sp³-hybridized carbons (Fsp3) is 0.538. The topological polar surface area (TPSA) is 0 Å². The second kappa shape index (κ2) is 4.21. The summed E-state index contributed by atoms with van der Waals surface area (Å²) in [4.78, 5) is 0. The van der Waals surface area contributed by atoms with Gasteiger partial charge in [-0.3, -0.25) is 0 Å². The maximum Gasteiger partial charge on any atom is 0.0841 e. The van der Waals surface area contributed by atoms with E-state index in [1.165, 1.54) is 24.0 Å². The normalized spacial score (nSPS) is 23.1. The van der Waals surface area contributed by atoms with E-state index in [0.717, 1.165) is 5.92 Å². The van der Waals surface area contributed by atoms with Gasteiger partial charge in [0.1, 0.15) is 0 Å². The molecule has 1 saturated carbocycles. The second-order valence-electron chi connectivity index (χ2n) is 4.76. The lowest BCUT2D eigenvalue weighted by molar-refractivity contribution is 0.824. The minimum Gasteiger partial charge on any atom is -0.0724 e. The summed E-state index contributed by atoms with van der Waals surface area (Å²) in [6, 6.07) is 9.05. The molecular weight excluding hydrogens is 316 g/mol. The van der Waals surface area contributed by atoms with Crippen molar-refractivity contribution in [2.75, 3.05) is 0 Å². The van der Waals surface area contributed by atoms with Crippen LogP contribution in [0.5, 0.6) is 0 Å². The molecule has 0 spiro atoms. The van der Waals surface area contributed by atoms with Gasteiger partial charge in [-0.1, -0.05) is 70.0 Å². The highest BCUT2D eigenvalue weighted by molar-refractivity contribution is 9.25. The number of halogens is 2. The van der Waals surface area contributed by atoms with Crippen LogP contribution < -0.4 is 0 Å². The SMILES string of the molecule is CC(C)c1ccc(CC2CC2(Br)Br)cc1. The van der Waals surface area contributed by atoms with Crippen molar-refractivity contribution in [3.05, 3.63) is 35.4 Å². The van der Waals surface area contributed by atoms with E-state index in [1.54, 1.807) is 0 Å². The Hall–Kier alpha value is 0.180. The van der Waals surface area contributed by atoms with Crippen LogP contribution >= 0.6 is 31.9 Å². The largest absolute Gasteiger partial charge is 0.0841 e. The third-order valence-corrected chi connectivity index (χ3v) is 5.03. The van der Waals surface area contributed by atoms with E-state index in [2.05, 4.69) is 70.0 Å². The minimum absolute atomic E-state index is 0.233. The number of rotatable bonds is 3. The Bertz CT molecular complexity index is 338. The second-order valence-corrected chi connectivity index (χ2v) is 8.66. The number of alkyl halides is 2. The molecule has 0 heterocycles. The molecule has 1 atom stereocenters. The molecule has 2 rings (SSSR count). The van der Waals surface area contributed by atoms with Crippen molar-refractivity contribution in [3.63, 3.8) is 0 Å². The van der Waals surface area contributed by atoms with Crippen molar-refractivity contribution >= 4 is 31.9 Å². The molecule has 82 valence electrons. The fourth-order valence-electron chi connectivity index (χ4n) is 1.81. The van der Waals surface area contributed by atoms with Gasteiger partial charge in [-0.25, -0.2) is 0 Å². The Kier molecular flexibility index (Phi) is 3.27. The molecule has 1 aliphatic carbocycles. The highest BCUT2D eigenvalue weighted by Crippen LogP contribution is 2.57. The van der Waals surface area contributed by atoms with Crippen molar-refractivity contribution in [2.45, 2.75) is 35.8 Å². The van der Waals surface area contributed by atoms with E-state index in [9.17, 15) is 0 Å². The average Bonchev–Trinajstić information content (AvgIpc) is 2.74. The quantitative estimate of drug-likeness (QED) is 0.694. The van der Waals surface area contributed by atoms with Gasteiger partial charge >= 0.3 is 0 Å². The van der Waals surface area contributed by atoms with Gasteiger partial charge in [0.15, 0.2) is 0 Å². The van der Waals surface area contributed by atoms with Crippen LogP contribution in [0.15, 0.2) is 24.3 Å². The predicted molar refractivity (Wildman–Crippen MR) is 72.9 cm³/mol. The molecule has 1 aromatic rings.